The number of nitriles is 1. The van der Waals surface area contributed by atoms with Crippen molar-refractivity contribution in [1.29, 1.82) is 5.26 Å². The number of halogens is 1. The van der Waals surface area contributed by atoms with Gasteiger partial charge in [-0.1, -0.05) is 53.2 Å². The third-order valence-corrected chi connectivity index (χ3v) is 6.43. The average molecular weight is 466 g/mol. The summed E-state index contributed by atoms with van der Waals surface area (Å²) in [6.45, 7) is 7.56. The number of hydrogen-bond donors (Lipinski definition) is 1. The number of carbonyl (C=O) groups excluding carboxylic acids is 1. The number of methoxy groups -OCH3 is 1. The van der Waals surface area contributed by atoms with Gasteiger partial charge in [0.05, 0.1) is 28.1 Å². The second-order valence-electron chi connectivity index (χ2n) is 7.90. The molecule has 0 spiro atoms. The lowest BCUT2D eigenvalue weighted by Crippen LogP contribution is -2.34. The molecule has 1 heterocycles. The number of carbonyl (C=O) groups is 1. The summed E-state index contributed by atoms with van der Waals surface area (Å²) >= 11 is 7.42. The van der Waals surface area contributed by atoms with Crippen LogP contribution in [0.4, 0.5) is 5.69 Å². The first kappa shape index (κ1) is 23.6. The molecule has 5 nitrogen and oxygen atoms in total. The van der Waals surface area contributed by atoms with Crippen molar-refractivity contribution in [2.45, 2.75) is 37.5 Å². The summed E-state index contributed by atoms with van der Waals surface area (Å²) in [5, 5.41) is 13.5. The van der Waals surface area contributed by atoms with Crippen LogP contribution in [0.25, 0.3) is 11.3 Å². The molecule has 7 heteroatoms. The highest BCUT2D eigenvalue weighted by molar-refractivity contribution is 8.01. The maximum Gasteiger partial charge on any atom is 0.240 e. The van der Waals surface area contributed by atoms with Crippen molar-refractivity contribution in [1.82, 2.24) is 4.98 Å². The van der Waals surface area contributed by atoms with E-state index in [1.165, 1.54) is 18.9 Å². The Hall–Kier alpha value is -3.01. The molecule has 1 amide bonds. The monoisotopic (exact) mass is 465 g/mol. The van der Waals surface area contributed by atoms with Gasteiger partial charge < -0.3 is 10.1 Å². The van der Waals surface area contributed by atoms with Gasteiger partial charge >= 0.3 is 0 Å². The fourth-order valence-electron chi connectivity index (χ4n) is 3.07. The number of anilines is 1. The third-order valence-electron chi connectivity index (χ3n) is 4.93. The second kappa shape index (κ2) is 9.64. The Bertz CT molecular complexity index is 1200. The van der Waals surface area contributed by atoms with Crippen molar-refractivity contribution in [3.8, 4) is 23.1 Å². The van der Waals surface area contributed by atoms with Gasteiger partial charge in [0.2, 0.25) is 5.91 Å². The first-order valence-corrected chi connectivity index (χ1v) is 11.2. The van der Waals surface area contributed by atoms with E-state index in [0.29, 0.717) is 27.0 Å². The molecule has 0 atom stereocenters. The van der Waals surface area contributed by atoms with Crippen LogP contribution in [0.3, 0.4) is 0 Å². The van der Waals surface area contributed by atoms with Gasteiger partial charge in [0.15, 0.2) is 0 Å². The zero-order valence-corrected chi connectivity index (χ0v) is 20.2. The average Bonchev–Trinajstić information content (AvgIpc) is 2.75. The number of pyridine rings is 1. The zero-order chi connectivity index (χ0) is 23.5. The molecule has 1 aromatic heterocycles. The minimum absolute atomic E-state index is 0.230. The van der Waals surface area contributed by atoms with Crippen LogP contribution in [0.15, 0.2) is 53.6 Å². The number of aromatic nitrogens is 1. The summed E-state index contributed by atoms with van der Waals surface area (Å²) in [7, 11) is 1.53. The first-order valence-electron chi connectivity index (χ1n) is 9.97. The Balaban J connectivity index is 1.89. The highest BCUT2D eigenvalue weighted by atomic mass is 35.5. The normalized spacial score (nSPS) is 11.0. The van der Waals surface area contributed by atoms with Gasteiger partial charge in [0, 0.05) is 11.3 Å². The summed E-state index contributed by atoms with van der Waals surface area (Å²) in [6, 6.07) is 17.2. The molecule has 0 aliphatic heterocycles. The Labute approximate surface area is 197 Å². The minimum Gasteiger partial charge on any atom is -0.495 e. The number of benzene rings is 2. The van der Waals surface area contributed by atoms with Gasteiger partial charge in [0.25, 0.3) is 0 Å². The molecular formula is C25H24ClN3O2S. The predicted octanol–water partition coefficient (Wildman–Crippen LogP) is 6.41. The van der Waals surface area contributed by atoms with Gasteiger partial charge in [-0.15, -0.1) is 0 Å². The van der Waals surface area contributed by atoms with Crippen molar-refractivity contribution in [3.05, 3.63) is 70.2 Å². The standard InChI is InChI=1S/C25H24ClN3O2S/c1-15-6-8-17(9-7-15)22-16(2)12-18(14-27)23(29-22)32-25(3,4)24(30)28-19-10-11-21(31-5)20(26)13-19/h6-13H,1-5H3,(H,28,30). The number of amides is 1. The topological polar surface area (TPSA) is 75.0 Å². The van der Waals surface area contributed by atoms with E-state index in [1.54, 1.807) is 32.0 Å². The molecule has 3 aromatic rings. The van der Waals surface area contributed by atoms with Crippen LogP contribution in [0.1, 0.15) is 30.5 Å². The number of ether oxygens (including phenoxy) is 1. The summed E-state index contributed by atoms with van der Waals surface area (Å²) in [5.74, 6) is 0.302. The highest BCUT2D eigenvalue weighted by Gasteiger charge is 2.31. The van der Waals surface area contributed by atoms with Crippen molar-refractivity contribution in [2.75, 3.05) is 12.4 Å². The molecule has 32 heavy (non-hydrogen) atoms. The number of nitrogens with one attached hydrogen (secondary N) is 1. The van der Waals surface area contributed by atoms with E-state index in [4.69, 9.17) is 21.3 Å². The molecule has 0 saturated heterocycles. The molecule has 3 rings (SSSR count). The number of nitrogens with zero attached hydrogens (tertiary/aromatic N) is 2. The second-order valence-corrected chi connectivity index (χ2v) is 9.92. The van der Waals surface area contributed by atoms with E-state index in [0.717, 1.165) is 22.4 Å². The molecule has 0 bridgehead atoms. The van der Waals surface area contributed by atoms with Crippen molar-refractivity contribution in [2.24, 2.45) is 0 Å². The van der Waals surface area contributed by atoms with Crippen LogP contribution in [0, 0.1) is 25.2 Å². The number of rotatable bonds is 6. The van der Waals surface area contributed by atoms with Crippen LogP contribution in [-0.4, -0.2) is 22.7 Å². The van der Waals surface area contributed by atoms with E-state index in [1.807, 2.05) is 44.2 Å². The maximum atomic E-state index is 13.0. The zero-order valence-electron chi connectivity index (χ0n) is 18.6. The van der Waals surface area contributed by atoms with Crippen molar-refractivity contribution in [3.63, 3.8) is 0 Å². The van der Waals surface area contributed by atoms with Crippen molar-refractivity contribution >= 4 is 35.0 Å². The van der Waals surface area contributed by atoms with Gasteiger partial charge in [-0.05, 0) is 57.5 Å². The van der Waals surface area contributed by atoms with Crippen molar-refractivity contribution < 1.29 is 9.53 Å². The summed E-state index contributed by atoms with van der Waals surface area (Å²) in [4.78, 5) is 17.8. The third kappa shape index (κ3) is 5.24. The smallest absolute Gasteiger partial charge is 0.240 e. The van der Waals surface area contributed by atoms with E-state index in [2.05, 4.69) is 11.4 Å². The number of hydrogen-bond acceptors (Lipinski definition) is 5. The quantitative estimate of drug-likeness (QED) is 0.426. The fourth-order valence-corrected chi connectivity index (χ4v) is 4.31. The minimum atomic E-state index is -0.898. The first-order chi connectivity index (χ1) is 15.1. The molecule has 2 aromatic carbocycles. The van der Waals surface area contributed by atoms with E-state index in [-0.39, 0.29) is 5.91 Å². The van der Waals surface area contributed by atoms with Gasteiger partial charge in [-0.3, -0.25) is 4.79 Å². The Morgan fingerprint density at radius 2 is 1.84 bits per heavy atom. The Kier molecular flexibility index (Phi) is 7.12. The summed E-state index contributed by atoms with van der Waals surface area (Å²) < 4.78 is 4.25. The molecular weight excluding hydrogens is 442 g/mol. The van der Waals surface area contributed by atoms with Crippen LogP contribution in [0.5, 0.6) is 5.75 Å². The molecule has 1 N–H and O–H groups in total. The molecule has 0 fully saturated rings. The van der Waals surface area contributed by atoms with Crippen LogP contribution >= 0.6 is 23.4 Å². The Morgan fingerprint density at radius 3 is 2.44 bits per heavy atom. The highest BCUT2D eigenvalue weighted by Crippen LogP contribution is 2.37. The lowest BCUT2D eigenvalue weighted by Gasteiger charge is -2.23. The number of thioether (sulfide) groups is 1. The molecule has 0 radical (unpaired) electrons. The Morgan fingerprint density at radius 1 is 1.16 bits per heavy atom. The van der Waals surface area contributed by atoms with Crippen LogP contribution < -0.4 is 10.1 Å². The lowest BCUT2D eigenvalue weighted by atomic mass is 10.0. The molecule has 0 aliphatic carbocycles. The van der Waals surface area contributed by atoms with Crippen LogP contribution in [-0.2, 0) is 4.79 Å². The summed E-state index contributed by atoms with van der Waals surface area (Å²) in [6.07, 6.45) is 0. The molecule has 0 aliphatic rings. The van der Waals surface area contributed by atoms with Crippen LogP contribution in [0.2, 0.25) is 5.02 Å². The summed E-state index contributed by atoms with van der Waals surface area (Å²) in [5.41, 5.74) is 4.83. The van der Waals surface area contributed by atoms with E-state index >= 15 is 0 Å². The molecule has 0 saturated carbocycles. The van der Waals surface area contributed by atoms with E-state index < -0.39 is 4.75 Å². The predicted molar refractivity (Wildman–Crippen MR) is 130 cm³/mol. The fraction of sp³-hybridized carbons (Fsp3) is 0.240. The van der Waals surface area contributed by atoms with Gasteiger partial charge in [-0.25, -0.2) is 4.98 Å². The number of aryl methyl sites for hydroxylation is 2. The van der Waals surface area contributed by atoms with Gasteiger partial charge in [-0.2, -0.15) is 5.26 Å². The van der Waals surface area contributed by atoms with Gasteiger partial charge in [0.1, 0.15) is 16.8 Å². The SMILES string of the molecule is COc1ccc(NC(=O)C(C)(C)Sc2nc(-c3ccc(C)cc3)c(C)cc2C#N)cc1Cl. The lowest BCUT2D eigenvalue weighted by molar-refractivity contribution is -0.117. The van der Waals surface area contributed by atoms with E-state index in [9.17, 15) is 10.1 Å². The maximum absolute atomic E-state index is 13.0. The molecule has 164 valence electrons. The largest absolute Gasteiger partial charge is 0.495 e. The molecule has 0 unspecified atom stereocenters.